The van der Waals surface area contributed by atoms with Gasteiger partial charge < -0.3 is 14.6 Å². The van der Waals surface area contributed by atoms with E-state index in [2.05, 4.69) is 20.4 Å². The number of fused-ring (bicyclic) bond motifs is 1. The second-order valence-corrected chi connectivity index (χ2v) is 6.80. The fourth-order valence-corrected chi connectivity index (χ4v) is 3.49. The highest BCUT2D eigenvalue weighted by Gasteiger charge is 2.19. The van der Waals surface area contributed by atoms with Crippen molar-refractivity contribution in [2.75, 3.05) is 6.61 Å². The summed E-state index contributed by atoms with van der Waals surface area (Å²) >= 11 is 0. The van der Waals surface area contributed by atoms with Gasteiger partial charge in [0.05, 0.1) is 0 Å². The van der Waals surface area contributed by atoms with Gasteiger partial charge in [-0.05, 0) is 12.8 Å². The summed E-state index contributed by atoms with van der Waals surface area (Å²) in [6.07, 6.45) is 8.25. The van der Waals surface area contributed by atoms with Crippen LogP contribution in [-0.2, 0) is 4.79 Å². The van der Waals surface area contributed by atoms with Crippen LogP contribution < -0.4 is 10.1 Å². The summed E-state index contributed by atoms with van der Waals surface area (Å²) in [5, 5.41) is 7.75. The van der Waals surface area contributed by atoms with Crippen LogP contribution in [0.1, 0.15) is 38.5 Å². The molecule has 0 spiro atoms. The van der Waals surface area contributed by atoms with Crippen LogP contribution in [0.4, 0.5) is 0 Å². The Hall–Kier alpha value is -2.96. The Balaban J connectivity index is 1.49. The third kappa shape index (κ3) is 4.07. The molecule has 0 saturated heterocycles. The predicted octanol–water partition coefficient (Wildman–Crippen LogP) is 3.50. The summed E-state index contributed by atoms with van der Waals surface area (Å²) in [4.78, 5) is 20.6. The molecule has 1 fully saturated rings. The maximum absolute atomic E-state index is 12.3. The zero-order chi connectivity index (χ0) is 18.5. The van der Waals surface area contributed by atoms with Crippen LogP contribution in [0.2, 0.25) is 0 Å². The first-order valence-electron chi connectivity index (χ1n) is 9.39. The minimum absolute atomic E-state index is 0.0952. The average Bonchev–Trinajstić information content (AvgIpc) is 2.98. The van der Waals surface area contributed by atoms with E-state index in [9.17, 15) is 4.79 Å². The zero-order valence-electron chi connectivity index (χ0n) is 15.1. The number of nitrogens with zero attached hydrogens (tertiary/aromatic N) is 3. The molecule has 2 aromatic heterocycles. The van der Waals surface area contributed by atoms with E-state index in [1.807, 2.05) is 30.3 Å². The summed E-state index contributed by atoms with van der Waals surface area (Å²) in [5.41, 5.74) is 1.81. The van der Waals surface area contributed by atoms with E-state index < -0.39 is 0 Å². The third-order valence-electron chi connectivity index (χ3n) is 4.85. The summed E-state index contributed by atoms with van der Waals surface area (Å²) in [6, 6.07) is 9.85. The molecule has 4 rings (SSSR count). The molecule has 1 aromatic carbocycles. The molecule has 1 aliphatic rings. The number of aromatic nitrogens is 3. The highest BCUT2D eigenvalue weighted by atomic mass is 16.5. The Kier molecular flexibility index (Phi) is 5.27. The number of amides is 1. The highest BCUT2D eigenvalue weighted by Crippen LogP contribution is 2.32. The Morgan fingerprint density at radius 1 is 1.11 bits per heavy atom. The van der Waals surface area contributed by atoms with E-state index in [0.29, 0.717) is 22.7 Å². The smallest absolute Gasteiger partial charge is 0.265 e. The van der Waals surface area contributed by atoms with Crippen LogP contribution in [0.15, 0.2) is 41.2 Å². The van der Waals surface area contributed by atoms with Gasteiger partial charge in [-0.15, -0.1) is 0 Å². The quantitative estimate of drug-likeness (QED) is 0.695. The highest BCUT2D eigenvalue weighted by molar-refractivity contribution is 5.93. The maximum atomic E-state index is 12.3. The molecule has 7 heteroatoms. The SMILES string of the molecule is O=C(COc1ncnc2onc(-c3ccccc3)c12)NC1CCCCCC1. The monoisotopic (exact) mass is 366 g/mol. The number of rotatable bonds is 5. The van der Waals surface area contributed by atoms with Gasteiger partial charge in [-0.2, -0.15) is 4.98 Å². The van der Waals surface area contributed by atoms with Crippen molar-refractivity contribution in [3.63, 3.8) is 0 Å². The lowest BCUT2D eigenvalue weighted by Crippen LogP contribution is -2.37. The Morgan fingerprint density at radius 2 is 1.89 bits per heavy atom. The van der Waals surface area contributed by atoms with Crippen LogP contribution in [0.3, 0.4) is 0 Å². The van der Waals surface area contributed by atoms with Gasteiger partial charge in [0.25, 0.3) is 11.6 Å². The molecule has 0 radical (unpaired) electrons. The topological polar surface area (TPSA) is 90.1 Å². The van der Waals surface area contributed by atoms with E-state index in [-0.39, 0.29) is 18.6 Å². The van der Waals surface area contributed by atoms with E-state index >= 15 is 0 Å². The van der Waals surface area contributed by atoms with Gasteiger partial charge in [-0.1, -0.05) is 61.2 Å². The average molecular weight is 366 g/mol. The van der Waals surface area contributed by atoms with Gasteiger partial charge in [0.15, 0.2) is 6.61 Å². The van der Waals surface area contributed by atoms with Crippen molar-refractivity contribution in [2.45, 2.75) is 44.6 Å². The predicted molar refractivity (Wildman–Crippen MR) is 100 cm³/mol. The summed E-state index contributed by atoms with van der Waals surface area (Å²) in [5.74, 6) is 0.169. The molecule has 0 aliphatic heterocycles. The van der Waals surface area contributed by atoms with Gasteiger partial charge in [-0.25, -0.2) is 4.98 Å². The molecule has 1 aliphatic carbocycles. The summed E-state index contributed by atoms with van der Waals surface area (Å²) in [7, 11) is 0. The number of carbonyl (C=O) groups excluding carboxylic acids is 1. The third-order valence-corrected chi connectivity index (χ3v) is 4.85. The molecule has 0 unspecified atom stereocenters. The first-order valence-corrected chi connectivity index (χ1v) is 9.39. The van der Waals surface area contributed by atoms with Crippen molar-refractivity contribution < 1.29 is 14.1 Å². The molecule has 0 bridgehead atoms. The Bertz CT molecular complexity index is 902. The molecule has 3 aromatic rings. The lowest BCUT2D eigenvalue weighted by atomic mass is 10.1. The first kappa shape index (κ1) is 17.5. The molecular formula is C20H22N4O3. The molecule has 27 heavy (non-hydrogen) atoms. The second kappa shape index (κ2) is 8.16. The molecule has 2 heterocycles. The fraction of sp³-hybridized carbons (Fsp3) is 0.400. The van der Waals surface area contributed by atoms with E-state index in [1.54, 1.807) is 0 Å². The second-order valence-electron chi connectivity index (χ2n) is 6.80. The first-order chi connectivity index (χ1) is 13.3. The molecule has 7 nitrogen and oxygen atoms in total. The fourth-order valence-electron chi connectivity index (χ4n) is 3.49. The molecule has 1 saturated carbocycles. The van der Waals surface area contributed by atoms with Crippen LogP contribution in [-0.4, -0.2) is 33.7 Å². The van der Waals surface area contributed by atoms with Crippen molar-refractivity contribution in [1.82, 2.24) is 20.4 Å². The maximum Gasteiger partial charge on any atom is 0.265 e. The lowest BCUT2D eigenvalue weighted by Gasteiger charge is -2.16. The van der Waals surface area contributed by atoms with Crippen molar-refractivity contribution in [2.24, 2.45) is 0 Å². The van der Waals surface area contributed by atoms with Crippen LogP contribution in [0.25, 0.3) is 22.4 Å². The minimum Gasteiger partial charge on any atom is -0.467 e. The number of nitrogens with one attached hydrogen (secondary N) is 1. The van der Waals surface area contributed by atoms with Gasteiger partial charge >= 0.3 is 0 Å². The van der Waals surface area contributed by atoms with Gasteiger partial charge in [-0.3, -0.25) is 4.79 Å². The molecule has 1 N–H and O–H groups in total. The molecule has 140 valence electrons. The lowest BCUT2D eigenvalue weighted by molar-refractivity contribution is -0.123. The van der Waals surface area contributed by atoms with E-state index in [1.165, 1.54) is 32.0 Å². The Labute approximate surface area is 157 Å². The Morgan fingerprint density at radius 3 is 2.67 bits per heavy atom. The van der Waals surface area contributed by atoms with E-state index in [4.69, 9.17) is 9.26 Å². The van der Waals surface area contributed by atoms with Gasteiger partial charge in [0, 0.05) is 11.6 Å². The van der Waals surface area contributed by atoms with Crippen LogP contribution in [0.5, 0.6) is 5.88 Å². The van der Waals surface area contributed by atoms with Crippen LogP contribution >= 0.6 is 0 Å². The number of carbonyl (C=O) groups is 1. The van der Waals surface area contributed by atoms with Crippen molar-refractivity contribution in [3.8, 4) is 17.1 Å². The van der Waals surface area contributed by atoms with Gasteiger partial charge in [0.1, 0.15) is 17.4 Å². The standard InChI is InChI=1S/C20H22N4O3/c25-16(23-15-10-6-1-2-7-11-15)12-26-19-17-18(14-8-4-3-5-9-14)24-27-20(17)22-13-21-19/h3-5,8-9,13,15H,1-2,6-7,10-12H2,(H,23,25). The largest absolute Gasteiger partial charge is 0.467 e. The molecular weight excluding hydrogens is 344 g/mol. The van der Waals surface area contributed by atoms with E-state index in [0.717, 1.165) is 18.4 Å². The van der Waals surface area contributed by atoms with Crippen LogP contribution in [0, 0.1) is 0 Å². The number of ether oxygens (including phenoxy) is 1. The summed E-state index contributed by atoms with van der Waals surface area (Å²) < 4.78 is 11.0. The summed E-state index contributed by atoms with van der Waals surface area (Å²) in [6.45, 7) is -0.0952. The number of hydrogen-bond acceptors (Lipinski definition) is 6. The molecule has 1 amide bonds. The van der Waals surface area contributed by atoms with Crippen molar-refractivity contribution in [1.29, 1.82) is 0 Å². The van der Waals surface area contributed by atoms with Crippen molar-refractivity contribution in [3.05, 3.63) is 36.7 Å². The number of hydrogen-bond donors (Lipinski definition) is 1. The molecule has 0 atom stereocenters. The minimum atomic E-state index is -0.133. The zero-order valence-corrected chi connectivity index (χ0v) is 15.1. The number of benzene rings is 1. The van der Waals surface area contributed by atoms with Crippen molar-refractivity contribution >= 4 is 17.0 Å². The van der Waals surface area contributed by atoms with Gasteiger partial charge in [0.2, 0.25) is 5.88 Å². The normalized spacial score (nSPS) is 15.4.